The summed E-state index contributed by atoms with van der Waals surface area (Å²) in [5.74, 6) is 3.27. The van der Waals surface area contributed by atoms with Crippen molar-refractivity contribution in [2.45, 2.75) is 63.8 Å². The fourth-order valence-corrected chi connectivity index (χ4v) is 6.09. The minimum Gasteiger partial charge on any atom is -0.343 e. The number of piperidine rings is 1. The molecule has 0 spiro atoms. The lowest BCUT2D eigenvalue weighted by Gasteiger charge is -2.57. The first kappa shape index (κ1) is 13.1. The second kappa shape index (κ2) is 4.72. The third-order valence-corrected chi connectivity index (χ3v) is 6.58. The van der Waals surface area contributed by atoms with E-state index in [-0.39, 0.29) is 0 Å². The van der Waals surface area contributed by atoms with Gasteiger partial charge in [-0.05, 0) is 74.5 Å². The Morgan fingerprint density at radius 3 is 2.00 bits per heavy atom. The average molecular weight is 276 g/mol. The summed E-state index contributed by atoms with van der Waals surface area (Å²) in [6.45, 7) is 1.79. The van der Waals surface area contributed by atoms with Gasteiger partial charge in [-0.25, -0.2) is 0 Å². The summed E-state index contributed by atoms with van der Waals surface area (Å²) in [7, 11) is 0. The number of carbonyl (C=O) groups is 1. The van der Waals surface area contributed by atoms with E-state index in [9.17, 15) is 4.79 Å². The van der Waals surface area contributed by atoms with Crippen LogP contribution in [0.5, 0.6) is 0 Å². The van der Waals surface area contributed by atoms with E-state index in [4.69, 9.17) is 5.73 Å². The Balaban J connectivity index is 1.42. The van der Waals surface area contributed by atoms with E-state index in [1.54, 1.807) is 0 Å². The van der Waals surface area contributed by atoms with Gasteiger partial charge in [0.25, 0.3) is 0 Å². The second-order valence-electron chi connectivity index (χ2n) is 8.31. The van der Waals surface area contributed by atoms with Crippen molar-refractivity contribution >= 4 is 5.91 Å². The summed E-state index contributed by atoms with van der Waals surface area (Å²) in [5.41, 5.74) is 6.34. The molecule has 3 nitrogen and oxygen atoms in total. The predicted octanol–water partition coefficient (Wildman–Crippen LogP) is 2.54. The molecule has 1 heterocycles. The van der Waals surface area contributed by atoms with Crippen molar-refractivity contribution < 1.29 is 4.79 Å². The van der Waals surface area contributed by atoms with E-state index in [0.717, 1.165) is 50.1 Å². The zero-order chi connectivity index (χ0) is 13.7. The molecule has 0 aromatic heterocycles. The molecule has 0 atom stereocenters. The maximum atomic E-state index is 12.7. The standard InChI is InChI=1S/C17H28N2O/c18-15-1-3-19(4-2-15)16(20)11-17-8-12-5-13(9-17)7-14(6-12)10-17/h12-15H,1-11,18H2. The third kappa shape index (κ3) is 2.28. The van der Waals surface area contributed by atoms with Crippen LogP contribution in [0, 0.1) is 23.2 Å². The van der Waals surface area contributed by atoms with Crippen LogP contribution in [0.4, 0.5) is 0 Å². The van der Waals surface area contributed by atoms with Crippen LogP contribution in [-0.2, 0) is 4.79 Å². The van der Waals surface area contributed by atoms with Crippen LogP contribution in [0.15, 0.2) is 0 Å². The lowest BCUT2D eigenvalue weighted by Crippen LogP contribution is -2.50. The number of nitrogens with zero attached hydrogens (tertiary/aromatic N) is 1. The fraction of sp³-hybridized carbons (Fsp3) is 0.941. The Bertz CT molecular complexity index is 363. The van der Waals surface area contributed by atoms with E-state index in [1.807, 2.05) is 0 Å². The van der Waals surface area contributed by atoms with Gasteiger partial charge in [0, 0.05) is 25.6 Å². The molecule has 5 rings (SSSR count). The highest BCUT2D eigenvalue weighted by Gasteiger charge is 2.51. The van der Waals surface area contributed by atoms with E-state index >= 15 is 0 Å². The third-order valence-electron chi connectivity index (χ3n) is 6.58. The second-order valence-corrected chi connectivity index (χ2v) is 8.31. The average Bonchev–Trinajstić information content (AvgIpc) is 2.37. The Morgan fingerprint density at radius 2 is 1.50 bits per heavy atom. The molecule has 20 heavy (non-hydrogen) atoms. The van der Waals surface area contributed by atoms with Crippen molar-refractivity contribution in [3.05, 3.63) is 0 Å². The Morgan fingerprint density at radius 1 is 1.00 bits per heavy atom. The number of hydrogen-bond donors (Lipinski definition) is 1. The van der Waals surface area contributed by atoms with Crippen molar-refractivity contribution in [2.75, 3.05) is 13.1 Å². The first-order valence-corrected chi connectivity index (χ1v) is 8.65. The molecule has 1 amide bonds. The highest BCUT2D eigenvalue weighted by atomic mass is 16.2. The van der Waals surface area contributed by atoms with Crippen LogP contribution in [0.1, 0.15) is 57.8 Å². The summed E-state index contributed by atoms with van der Waals surface area (Å²) in [6, 6.07) is 0.318. The molecule has 0 unspecified atom stereocenters. The molecular weight excluding hydrogens is 248 g/mol. The number of amides is 1. The van der Waals surface area contributed by atoms with Crippen molar-refractivity contribution in [2.24, 2.45) is 28.9 Å². The zero-order valence-corrected chi connectivity index (χ0v) is 12.5. The first-order valence-electron chi connectivity index (χ1n) is 8.65. The molecule has 0 aromatic rings. The van der Waals surface area contributed by atoms with Crippen LogP contribution in [0.25, 0.3) is 0 Å². The Kier molecular flexibility index (Phi) is 3.10. The minimum atomic E-state index is 0.318. The molecule has 5 aliphatic rings. The number of hydrogen-bond acceptors (Lipinski definition) is 2. The quantitative estimate of drug-likeness (QED) is 0.842. The van der Waals surface area contributed by atoms with Gasteiger partial charge in [-0.15, -0.1) is 0 Å². The minimum absolute atomic E-state index is 0.318. The molecule has 2 N–H and O–H groups in total. The van der Waals surface area contributed by atoms with E-state index in [2.05, 4.69) is 4.90 Å². The van der Waals surface area contributed by atoms with Gasteiger partial charge < -0.3 is 10.6 Å². The molecule has 112 valence electrons. The van der Waals surface area contributed by atoms with Crippen LogP contribution in [0.2, 0.25) is 0 Å². The predicted molar refractivity (Wildman–Crippen MR) is 79.0 cm³/mol. The van der Waals surface area contributed by atoms with Gasteiger partial charge >= 0.3 is 0 Å². The van der Waals surface area contributed by atoms with Crippen molar-refractivity contribution in [3.8, 4) is 0 Å². The van der Waals surface area contributed by atoms with Gasteiger partial charge in [0.2, 0.25) is 5.91 Å². The highest BCUT2D eigenvalue weighted by molar-refractivity contribution is 5.77. The van der Waals surface area contributed by atoms with Crippen molar-refractivity contribution in [3.63, 3.8) is 0 Å². The Hall–Kier alpha value is -0.570. The van der Waals surface area contributed by atoms with Gasteiger partial charge in [-0.2, -0.15) is 0 Å². The number of likely N-dealkylation sites (tertiary alicyclic amines) is 1. The topological polar surface area (TPSA) is 46.3 Å². The molecule has 4 bridgehead atoms. The Labute approximate surface area is 122 Å². The van der Waals surface area contributed by atoms with E-state index in [1.165, 1.54) is 38.5 Å². The van der Waals surface area contributed by atoms with E-state index in [0.29, 0.717) is 17.4 Å². The van der Waals surface area contributed by atoms with Gasteiger partial charge in [-0.1, -0.05) is 0 Å². The highest BCUT2D eigenvalue weighted by Crippen LogP contribution is 2.61. The number of rotatable bonds is 2. The van der Waals surface area contributed by atoms with Gasteiger partial charge in [0.15, 0.2) is 0 Å². The molecule has 0 aromatic carbocycles. The largest absolute Gasteiger partial charge is 0.343 e. The zero-order valence-electron chi connectivity index (χ0n) is 12.5. The summed E-state index contributed by atoms with van der Waals surface area (Å²) >= 11 is 0. The maximum absolute atomic E-state index is 12.7. The summed E-state index contributed by atoms with van der Waals surface area (Å²) in [5, 5.41) is 0. The lowest BCUT2D eigenvalue weighted by atomic mass is 9.49. The molecule has 3 heteroatoms. The van der Waals surface area contributed by atoms with Crippen molar-refractivity contribution in [1.82, 2.24) is 4.90 Å². The monoisotopic (exact) mass is 276 g/mol. The molecule has 4 saturated carbocycles. The number of carbonyl (C=O) groups excluding carboxylic acids is 1. The van der Waals surface area contributed by atoms with Crippen LogP contribution >= 0.6 is 0 Å². The summed E-state index contributed by atoms with van der Waals surface area (Å²) in [6.07, 6.45) is 11.3. The van der Waals surface area contributed by atoms with Crippen molar-refractivity contribution in [1.29, 1.82) is 0 Å². The van der Waals surface area contributed by atoms with Crippen LogP contribution in [-0.4, -0.2) is 29.9 Å². The van der Waals surface area contributed by atoms with Gasteiger partial charge in [0.1, 0.15) is 0 Å². The maximum Gasteiger partial charge on any atom is 0.223 e. The van der Waals surface area contributed by atoms with E-state index < -0.39 is 0 Å². The lowest BCUT2D eigenvalue weighted by molar-refractivity contribution is -0.140. The molecule has 5 fully saturated rings. The first-order chi connectivity index (χ1) is 9.62. The molecule has 4 aliphatic carbocycles. The van der Waals surface area contributed by atoms with Gasteiger partial charge in [-0.3, -0.25) is 4.79 Å². The smallest absolute Gasteiger partial charge is 0.223 e. The van der Waals surface area contributed by atoms with Crippen LogP contribution in [0.3, 0.4) is 0 Å². The molecular formula is C17H28N2O. The summed E-state index contributed by atoms with van der Waals surface area (Å²) < 4.78 is 0. The molecule has 0 radical (unpaired) electrons. The van der Waals surface area contributed by atoms with Crippen LogP contribution < -0.4 is 5.73 Å². The SMILES string of the molecule is NC1CCN(C(=O)CC23CC4CC(CC(C4)C2)C3)CC1. The van der Waals surface area contributed by atoms with Gasteiger partial charge in [0.05, 0.1) is 0 Å². The fourth-order valence-electron chi connectivity index (χ4n) is 6.09. The normalized spacial score (nSPS) is 44.0. The number of nitrogens with two attached hydrogens (primary N) is 1. The molecule has 1 saturated heterocycles. The molecule has 1 aliphatic heterocycles. The summed E-state index contributed by atoms with van der Waals surface area (Å²) in [4.78, 5) is 14.8.